The Hall–Kier alpha value is -1.71. The first-order valence-corrected chi connectivity index (χ1v) is 6.86. The number of carbonyl (C=O) groups is 1. The van der Waals surface area contributed by atoms with Crippen molar-refractivity contribution in [1.82, 2.24) is 0 Å². The second-order valence-electron chi connectivity index (χ2n) is 4.36. The van der Waals surface area contributed by atoms with Gasteiger partial charge in [-0.05, 0) is 31.9 Å². The number of carboxylic acid groups (broad SMARTS) is 1. The minimum atomic E-state index is -0.790. The molecule has 0 aromatic heterocycles. The third kappa shape index (κ3) is 3.88. The van der Waals surface area contributed by atoms with Crippen molar-refractivity contribution in [3.05, 3.63) is 24.3 Å². The molecular formula is C15H23NO3. The van der Waals surface area contributed by atoms with Crippen LogP contribution in [0.3, 0.4) is 0 Å². The van der Waals surface area contributed by atoms with Crippen LogP contribution in [0, 0.1) is 0 Å². The summed E-state index contributed by atoms with van der Waals surface area (Å²) in [6.45, 7) is 7.14. The first-order valence-electron chi connectivity index (χ1n) is 6.86. The quantitative estimate of drug-likeness (QED) is 0.784. The Morgan fingerprint density at radius 2 is 2.00 bits per heavy atom. The lowest BCUT2D eigenvalue weighted by molar-refractivity contribution is -0.138. The molecule has 4 heteroatoms. The standard InChI is InChI=1S/C15H23NO3/c1-4-11-16(12(5-2)15(17)18)13-9-7-8-10-14(13)19-6-3/h7-10,12H,4-6,11H2,1-3H3,(H,17,18)/t12-/m0/s1. The van der Waals surface area contributed by atoms with E-state index < -0.39 is 12.0 Å². The van der Waals surface area contributed by atoms with Gasteiger partial charge in [0.1, 0.15) is 11.8 Å². The SMILES string of the molecule is CCCN(c1ccccc1OCC)[C@@H](CC)C(=O)O. The highest BCUT2D eigenvalue weighted by molar-refractivity contribution is 5.79. The molecule has 19 heavy (non-hydrogen) atoms. The molecule has 0 heterocycles. The second kappa shape index (κ2) is 7.67. The van der Waals surface area contributed by atoms with Crippen molar-refractivity contribution >= 4 is 11.7 Å². The molecule has 4 nitrogen and oxygen atoms in total. The van der Waals surface area contributed by atoms with Crippen LogP contribution < -0.4 is 9.64 Å². The van der Waals surface area contributed by atoms with Crippen molar-refractivity contribution in [3.8, 4) is 5.75 Å². The number of anilines is 1. The third-order valence-electron chi connectivity index (χ3n) is 2.99. The average molecular weight is 265 g/mol. The van der Waals surface area contributed by atoms with Gasteiger partial charge in [-0.25, -0.2) is 4.79 Å². The summed E-state index contributed by atoms with van der Waals surface area (Å²) in [4.78, 5) is 13.3. The fourth-order valence-corrected chi connectivity index (χ4v) is 2.19. The Bertz CT molecular complexity index is 406. The zero-order chi connectivity index (χ0) is 14.3. The van der Waals surface area contributed by atoms with Gasteiger partial charge in [-0.3, -0.25) is 0 Å². The Labute approximate surface area is 115 Å². The van der Waals surface area contributed by atoms with E-state index in [1.807, 2.05) is 49.9 Å². The summed E-state index contributed by atoms with van der Waals surface area (Å²) in [7, 11) is 0. The van der Waals surface area contributed by atoms with Gasteiger partial charge < -0.3 is 14.7 Å². The molecule has 1 aromatic carbocycles. The third-order valence-corrected chi connectivity index (χ3v) is 2.99. The van der Waals surface area contributed by atoms with Crippen LogP contribution in [-0.2, 0) is 4.79 Å². The van der Waals surface area contributed by atoms with Crippen molar-refractivity contribution in [2.24, 2.45) is 0 Å². The topological polar surface area (TPSA) is 49.8 Å². The second-order valence-corrected chi connectivity index (χ2v) is 4.36. The van der Waals surface area contributed by atoms with Gasteiger partial charge in [0.25, 0.3) is 0 Å². The van der Waals surface area contributed by atoms with Crippen molar-refractivity contribution in [2.45, 2.75) is 39.7 Å². The number of hydrogen-bond acceptors (Lipinski definition) is 3. The highest BCUT2D eigenvalue weighted by Gasteiger charge is 2.25. The molecule has 0 saturated carbocycles. The Morgan fingerprint density at radius 1 is 1.32 bits per heavy atom. The van der Waals surface area contributed by atoms with E-state index >= 15 is 0 Å². The van der Waals surface area contributed by atoms with Gasteiger partial charge in [0, 0.05) is 6.54 Å². The summed E-state index contributed by atoms with van der Waals surface area (Å²) in [5.74, 6) is -0.0413. The Morgan fingerprint density at radius 3 is 2.53 bits per heavy atom. The van der Waals surface area contributed by atoms with Crippen LogP contribution in [0.1, 0.15) is 33.6 Å². The van der Waals surface area contributed by atoms with E-state index in [2.05, 4.69) is 0 Å². The predicted octanol–water partition coefficient (Wildman–Crippen LogP) is 3.16. The minimum absolute atomic E-state index is 0.512. The van der Waals surface area contributed by atoms with Crippen molar-refractivity contribution in [1.29, 1.82) is 0 Å². The van der Waals surface area contributed by atoms with E-state index in [0.29, 0.717) is 19.6 Å². The molecule has 0 aliphatic carbocycles. The zero-order valence-electron chi connectivity index (χ0n) is 11.9. The van der Waals surface area contributed by atoms with Crippen molar-refractivity contribution < 1.29 is 14.6 Å². The van der Waals surface area contributed by atoms with Gasteiger partial charge >= 0.3 is 5.97 Å². The zero-order valence-corrected chi connectivity index (χ0v) is 11.9. The number of rotatable bonds is 8. The number of benzene rings is 1. The molecule has 0 unspecified atom stereocenters. The molecule has 1 rings (SSSR count). The largest absolute Gasteiger partial charge is 0.492 e. The van der Waals surface area contributed by atoms with Crippen LogP contribution in [0.25, 0.3) is 0 Å². The van der Waals surface area contributed by atoms with Crippen LogP contribution in [-0.4, -0.2) is 30.3 Å². The molecule has 0 radical (unpaired) electrons. The van der Waals surface area contributed by atoms with E-state index in [1.165, 1.54) is 0 Å². The lowest BCUT2D eigenvalue weighted by Crippen LogP contribution is -2.41. The molecule has 0 spiro atoms. The highest BCUT2D eigenvalue weighted by Crippen LogP contribution is 2.30. The maximum atomic E-state index is 11.4. The molecule has 1 atom stereocenters. The van der Waals surface area contributed by atoms with Gasteiger partial charge in [0.2, 0.25) is 0 Å². The number of nitrogens with zero attached hydrogens (tertiary/aromatic N) is 1. The van der Waals surface area contributed by atoms with Gasteiger partial charge in [0.05, 0.1) is 12.3 Å². The molecule has 0 saturated heterocycles. The number of para-hydroxylation sites is 2. The van der Waals surface area contributed by atoms with Crippen LogP contribution in [0.4, 0.5) is 5.69 Å². The number of carboxylic acids is 1. The normalized spacial score (nSPS) is 11.9. The van der Waals surface area contributed by atoms with Crippen LogP contribution in [0.5, 0.6) is 5.75 Å². The van der Waals surface area contributed by atoms with Gasteiger partial charge in [-0.1, -0.05) is 26.0 Å². The van der Waals surface area contributed by atoms with E-state index in [9.17, 15) is 9.90 Å². The Kier molecular flexibility index (Phi) is 6.19. The average Bonchev–Trinajstić information content (AvgIpc) is 2.39. The molecule has 0 amide bonds. The number of ether oxygens (including phenoxy) is 1. The van der Waals surface area contributed by atoms with Crippen LogP contribution in [0.15, 0.2) is 24.3 Å². The van der Waals surface area contributed by atoms with Gasteiger partial charge in [0.15, 0.2) is 0 Å². The summed E-state index contributed by atoms with van der Waals surface area (Å²) in [5, 5.41) is 9.37. The Balaban J connectivity index is 3.13. The molecule has 1 aromatic rings. The molecule has 0 aliphatic heterocycles. The lowest BCUT2D eigenvalue weighted by atomic mass is 10.1. The molecule has 0 aliphatic rings. The maximum absolute atomic E-state index is 11.4. The van der Waals surface area contributed by atoms with E-state index in [4.69, 9.17) is 4.74 Å². The first kappa shape index (κ1) is 15.3. The summed E-state index contributed by atoms with van der Waals surface area (Å²) in [6, 6.07) is 7.11. The van der Waals surface area contributed by atoms with Crippen molar-refractivity contribution in [2.75, 3.05) is 18.1 Å². The predicted molar refractivity (Wildman–Crippen MR) is 77.0 cm³/mol. The number of aliphatic carboxylic acids is 1. The summed E-state index contributed by atoms with van der Waals surface area (Å²) < 4.78 is 5.60. The molecule has 0 fully saturated rings. The smallest absolute Gasteiger partial charge is 0.326 e. The van der Waals surface area contributed by atoms with Crippen molar-refractivity contribution in [3.63, 3.8) is 0 Å². The van der Waals surface area contributed by atoms with Gasteiger partial charge in [-0.2, -0.15) is 0 Å². The van der Waals surface area contributed by atoms with Crippen LogP contribution >= 0.6 is 0 Å². The fraction of sp³-hybridized carbons (Fsp3) is 0.533. The van der Waals surface area contributed by atoms with Crippen LogP contribution in [0.2, 0.25) is 0 Å². The first-order chi connectivity index (χ1) is 9.15. The molecule has 1 N–H and O–H groups in total. The number of hydrogen-bond donors (Lipinski definition) is 1. The maximum Gasteiger partial charge on any atom is 0.326 e. The molecule has 106 valence electrons. The van der Waals surface area contributed by atoms with Gasteiger partial charge in [-0.15, -0.1) is 0 Å². The minimum Gasteiger partial charge on any atom is -0.492 e. The summed E-state index contributed by atoms with van der Waals surface area (Å²) in [5.41, 5.74) is 0.862. The van der Waals surface area contributed by atoms with E-state index in [-0.39, 0.29) is 0 Å². The van der Waals surface area contributed by atoms with E-state index in [1.54, 1.807) is 0 Å². The van der Waals surface area contributed by atoms with E-state index in [0.717, 1.165) is 17.9 Å². The monoisotopic (exact) mass is 265 g/mol. The lowest BCUT2D eigenvalue weighted by Gasteiger charge is -2.31. The molecule has 0 bridgehead atoms. The molecular weight excluding hydrogens is 242 g/mol. The summed E-state index contributed by atoms with van der Waals surface area (Å²) >= 11 is 0. The summed E-state index contributed by atoms with van der Waals surface area (Å²) in [6.07, 6.45) is 1.46. The fourth-order valence-electron chi connectivity index (χ4n) is 2.19. The highest BCUT2D eigenvalue weighted by atomic mass is 16.5.